The summed E-state index contributed by atoms with van der Waals surface area (Å²) in [5.41, 5.74) is 1.15. The molecule has 0 atom stereocenters. The highest BCUT2D eigenvalue weighted by atomic mass is 16.2. The molecule has 0 radical (unpaired) electrons. The van der Waals surface area contributed by atoms with E-state index in [0.717, 1.165) is 5.56 Å². The second kappa shape index (κ2) is 10.1. The van der Waals surface area contributed by atoms with Crippen molar-refractivity contribution in [2.75, 3.05) is 19.6 Å². The second-order valence-electron chi connectivity index (χ2n) is 7.99. The molecular weight excluding hydrogens is 422 g/mol. The van der Waals surface area contributed by atoms with Gasteiger partial charge >= 0.3 is 0 Å². The van der Waals surface area contributed by atoms with Gasteiger partial charge in [-0.15, -0.1) is 0 Å². The van der Waals surface area contributed by atoms with Crippen molar-refractivity contribution >= 4 is 28.6 Å². The fourth-order valence-corrected chi connectivity index (χ4v) is 3.93. The van der Waals surface area contributed by atoms with Gasteiger partial charge in [0.25, 0.3) is 5.91 Å². The van der Waals surface area contributed by atoms with Gasteiger partial charge in [0.15, 0.2) is 0 Å². The van der Waals surface area contributed by atoms with Gasteiger partial charge in [0.1, 0.15) is 5.56 Å². The van der Waals surface area contributed by atoms with Crippen LogP contribution in [0.3, 0.4) is 0 Å². The van der Waals surface area contributed by atoms with Crippen molar-refractivity contribution in [2.45, 2.75) is 19.4 Å². The molecule has 9 nitrogen and oxygen atoms in total. The third-order valence-corrected chi connectivity index (χ3v) is 5.84. The number of pyridine rings is 2. The molecule has 1 fully saturated rings. The van der Waals surface area contributed by atoms with E-state index >= 15 is 0 Å². The molecule has 1 saturated heterocycles. The van der Waals surface area contributed by atoms with E-state index in [1.165, 1.54) is 6.20 Å². The van der Waals surface area contributed by atoms with Gasteiger partial charge in [0.2, 0.25) is 17.2 Å². The van der Waals surface area contributed by atoms with Gasteiger partial charge in [0, 0.05) is 55.0 Å². The average Bonchev–Trinajstić information content (AvgIpc) is 2.86. The molecular formula is C24H25N5O4. The third-order valence-electron chi connectivity index (χ3n) is 5.84. The number of para-hydroxylation sites is 1. The van der Waals surface area contributed by atoms with E-state index in [9.17, 15) is 19.2 Å². The van der Waals surface area contributed by atoms with Crippen molar-refractivity contribution in [3.63, 3.8) is 0 Å². The maximum Gasteiger partial charge on any atom is 0.257 e. The Balaban J connectivity index is 1.25. The predicted molar refractivity (Wildman–Crippen MR) is 122 cm³/mol. The van der Waals surface area contributed by atoms with Crippen LogP contribution in [-0.4, -0.2) is 52.2 Å². The molecule has 0 saturated carbocycles. The molecule has 3 heterocycles. The van der Waals surface area contributed by atoms with Crippen molar-refractivity contribution in [1.29, 1.82) is 0 Å². The molecule has 3 N–H and O–H groups in total. The molecule has 9 heteroatoms. The highest BCUT2D eigenvalue weighted by molar-refractivity contribution is 5.98. The SMILES string of the molecule is O=C(NCC(=O)N1CCC(C(=O)NCc2cccnc2)CC1)c1c[nH]c2ccccc2c1=O. The number of hydrogen-bond donors (Lipinski definition) is 3. The molecule has 0 unspecified atom stereocenters. The van der Waals surface area contributed by atoms with Gasteiger partial charge in [-0.25, -0.2) is 0 Å². The van der Waals surface area contributed by atoms with Crippen molar-refractivity contribution in [1.82, 2.24) is 25.5 Å². The number of carbonyl (C=O) groups is 3. The van der Waals surface area contributed by atoms with Crippen LogP contribution < -0.4 is 16.1 Å². The minimum absolute atomic E-state index is 0.0326. The maximum atomic E-state index is 12.5. The van der Waals surface area contributed by atoms with Gasteiger partial charge in [0.05, 0.1) is 6.54 Å². The van der Waals surface area contributed by atoms with Crippen LogP contribution in [0, 0.1) is 5.92 Å². The first-order chi connectivity index (χ1) is 16.0. The van der Waals surface area contributed by atoms with E-state index in [1.54, 1.807) is 41.6 Å². The summed E-state index contributed by atoms with van der Waals surface area (Å²) in [4.78, 5) is 58.6. The summed E-state index contributed by atoms with van der Waals surface area (Å²) in [6, 6.07) is 10.6. The molecule has 0 spiro atoms. The lowest BCUT2D eigenvalue weighted by molar-refractivity contribution is -0.134. The lowest BCUT2D eigenvalue weighted by Crippen LogP contribution is -2.46. The lowest BCUT2D eigenvalue weighted by Gasteiger charge is -2.31. The predicted octanol–water partition coefficient (Wildman–Crippen LogP) is 1.21. The summed E-state index contributed by atoms with van der Waals surface area (Å²) >= 11 is 0. The summed E-state index contributed by atoms with van der Waals surface area (Å²) in [6.07, 6.45) is 5.87. The van der Waals surface area contributed by atoms with E-state index < -0.39 is 5.91 Å². The fourth-order valence-electron chi connectivity index (χ4n) is 3.93. The van der Waals surface area contributed by atoms with Gasteiger partial charge < -0.3 is 20.5 Å². The number of H-pyrrole nitrogens is 1. The third kappa shape index (κ3) is 5.25. The number of aromatic nitrogens is 2. The minimum atomic E-state index is -0.597. The van der Waals surface area contributed by atoms with Crippen LogP contribution in [0.1, 0.15) is 28.8 Å². The van der Waals surface area contributed by atoms with Crippen molar-refractivity contribution in [2.24, 2.45) is 5.92 Å². The molecule has 2 aromatic heterocycles. The van der Waals surface area contributed by atoms with Gasteiger partial charge in [-0.05, 0) is 36.6 Å². The molecule has 1 aliphatic heterocycles. The van der Waals surface area contributed by atoms with E-state index in [2.05, 4.69) is 20.6 Å². The highest BCUT2D eigenvalue weighted by Gasteiger charge is 2.27. The number of hydrogen-bond acceptors (Lipinski definition) is 5. The zero-order chi connectivity index (χ0) is 23.2. The topological polar surface area (TPSA) is 124 Å². The number of carbonyl (C=O) groups excluding carboxylic acids is 3. The van der Waals surface area contributed by atoms with Crippen molar-refractivity contribution in [3.8, 4) is 0 Å². The Hall–Kier alpha value is -4.01. The smallest absolute Gasteiger partial charge is 0.257 e. The summed E-state index contributed by atoms with van der Waals surface area (Å²) in [5.74, 6) is -1.03. The second-order valence-corrected chi connectivity index (χ2v) is 7.99. The number of benzene rings is 1. The van der Waals surface area contributed by atoms with Crippen LogP contribution in [0.5, 0.6) is 0 Å². The Morgan fingerprint density at radius 1 is 1.06 bits per heavy atom. The van der Waals surface area contributed by atoms with E-state index in [4.69, 9.17) is 0 Å². The fraction of sp³-hybridized carbons (Fsp3) is 0.292. The Labute approximate surface area is 190 Å². The number of fused-ring (bicyclic) bond motifs is 1. The van der Waals surface area contributed by atoms with E-state index in [1.807, 2.05) is 12.1 Å². The number of nitrogens with one attached hydrogen (secondary N) is 3. The molecule has 3 amide bonds. The number of likely N-dealkylation sites (tertiary alicyclic amines) is 1. The van der Waals surface area contributed by atoms with Crippen LogP contribution in [0.25, 0.3) is 10.9 Å². The highest BCUT2D eigenvalue weighted by Crippen LogP contribution is 2.17. The van der Waals surface area contributed by atoms with Crippen molar-refractivity contribution < 1.29 is 14.4 Å². The van der Waals surface area contributed by atoms with E-state index in [-0.39, 0.29) is 35.3 Å². The summed E-state index contributed by atoms with van der Waals surface area (Å²) in [5, 5.41) is 5.87. The van der Waals surface area contributed by atoms with Crippen LogP contribution >= 0.6 is 0 Å². The molecule has 1 aliphatic rings. The number of nitrogens with zero attached hydrogens (tertiary/aromatic N) is 2. The summed E-state index contributed by atoms with van der Waals surface area (Å²) in [6.45, 7) is 1.10. The number of rotatable bonds is 6. The first-order valence-corrected chi connectivity index (χ1v) is 10.9. The molecule has 1 aromatic carbocycles. The standard InChI is InChI=1S/C24H25N5O4/c30-21(15-28-24(33)19-14-26-20-6-2-1-5-18(20)22(19)31)29-10-7-17(8-11-29)23(32)27-13-16-4-3-9-25-12-16/h1-6,9,12,14,17H,7-8,10-11,13,15H2,(H,26,31)(H,27,32)(H,28,33). The van der Waals surface area contributed by atoms with Crippen LogP contribution in [0.2, 0.25) is 0 Å². The lowest BCUT2D eigenvalue weighted by atomic mass is 9.95. The molecule has 4 rings (SSSR count). The molecule has 0 bridgehead atoms. The Kier molecular flexibility index (Phi) is 6.77. The van der Waals surface area contributed by atoms with Gasteiger partial charge in [-0.1, -0.05) is 18.2 Å². The Morgan fingerprint density at radius 3 is 2.61 bits per heavy atom. The Bertz CT molecular complexity index is 1220. The molecule has 0 aliphatic carbocycles. The summed E-state index contributed by atoms with van der Waals surface area (Å²) < 4.78 is 0. The van der Waals surface area contributed by atoms with Crippen LogP contribution in [0.15, 0.2) is 59.8 Å². The number of piperidine rings is 1. The van der Waals surface area contributed by atoms with Crippen molar-refractivity contribution in [3.05, 3.63) is 76.3 Å². The van der Waals surface area contributed by atoms with Crippen LogP contribution in [0.4, 0.5) is 0 Å². The zero-order valence-electron chi connectivity index (χ0n) is 18.0. The molecule has 170 valence electrons. The summed E-state index contributed by atoms with van der Waals surface area (Å²) in [7, 11) is 0. The van der Waals surface area contributed by atoms with Crippen LogP contribution in [-0.2, 0) is 16.1 Å². The monoisotopic (exact) mass is 447 g/mol. The van der Waals surface area contributed by atoms with Gasteiger partial charge in [-0.3, -0.25) is 24.2 Å². The average molecular weight is 447 g/mol. The van der Waals surface area contributed by atoms with E-state index in [0.29, 0.717) is 43.4 Å². The normalized spacial score (nSPS) is 14.1. The van der Waals surface area contributed by atoms with Gasteiger partial charge in [-0.2, -0.15) is 0 Å². The Morgan fingerprint density at radius 2 is 1.85 bits per heavy atom. The largest absolute Gasteiger partial charge is 0.360 e. The zero-order valence-corrected chi connectivity index (χ0v) is 18.0. The number of amides is 3. The molecule has 33 heavy (non-hydrogen) atoms. The quantitative estimate of drug-likeness (QED) is 0.524. The minimum Gasteiger partial charge on any atom is -0.360 e. The first kappa shape index (κ1) is 22.2. The molecule has 3 aromatic rings. The first-order valence-electron chi connectivity index (χ1n) is 10.9. The maximum absolute atomic E-state index is 12.5. The number of aromatic amines is 1.